The van der Waals surface area contributed by atoms with Crippen molar-refractivity contribution in [1.82, 2.24) is 14.5 Å². The van der Waals surface area contributed by atoms with Gasteiger partial charge in [0.15, 0.2) is 0 Å². The Morgan fingerprint density at radius 3 is 2.70 bits per heavy atom. The van der Waals surface area contributed by atoms with E-state index in [1.54, 1.807) is 54.6 Å². The Hall–Kier alpha value is -2.33. The van der Waals surface area contributed by atoms with Crippen LogP contribution in [0.5, 0.6) is 0 Å². The Bertz CT molecular complexity index is 1150. The van der Waals surface area contributed by atoms with Crippen molar-refractivity contribution in [3.05, 3.63) is 69.6 Å². The number of piperidine rings is 1. The molecule has 1 saturated heterocycles. The molecule has 0 radical (unpaired) electrons. The number of amides is 1. The van der Waals surface area contributed by atoms with Gasteiger partial charge in [0.25, 0.3) is 5.91 Å². The number of anilines is 1. The van der Waals surface area contributed by atoms with E-state index in [1.165, 1.54) is 15.6 Å². The van der Waals surface area contributed by atoms with Crippen LogP contribution in [0.4, 0.5) is 5.69 Å². The summed E-state index contributed by atoms with van der Waals surface area (Å²) < 4.78 is 27.3. The average Bonchev–Trinajstić information content (AvgIpc) is 3.25. The zero-order valence-electron chi connectivity index (χ0n) is 15.9. The van der Waals surface area contributed by atoms with Crippen LogP contribution in [0.3, 0.4) is 0 Å². The highest BCUT2D eigenvalue weighted by atomic mass is 35.5. The van der Waals surface area contributed by atoms with E-state index in [2.05, 4.69) is 15.5 Å². The van der Waals surface area contributed by atoms with E-state index in [0.29, 0.717) is 28.8 Å². The number of carbonyl (C=O) groups excluding carboxylic acids is 1. The Labute approximate surface area is 183 Å². The van der Waals surface area contributed by atoms with Crippen LogP contribution >= 0.6 is 22.9 Å². The zero-order chi connectivity index (χ0) is 21.1. The lowest BCUT2D eigenvalue weighted by atomic mass is 10.0. The summed E-state index contributed by atoms with van der Waals surface area (Å²) >= 11 is 7.13. The van der Waals surface area contributed by atoms with Gasteiger partial charge in [-0.25, -0.2) is 8.42 Å². The molecule has 10 heteroatoms. The van der Waals surface area contributed by atoms with Crippen LogP contribution in [0.1, 0.15) is 33.6 Å². The van der Waals surface area contributed by atoms with Crippen LogP contribution in [-0.2, 0) is 10.0 Å². The first-order valence-corrected chi connectivity index (χ1v) is 12.0. The van der Waals surface area contributed by atoms with Crippen LogP contribution in [0.2, 0.25) is 5.02 Å². The monoisotopic (exact) mass is 462 g/mol. The largest absolute Gasteiger partial charge is 0.320 e. The van der Waals surface area contributed by atoms with E-state index < -0.39 is 10.0 Å². The van der Waals surface area contributed by atoms with Gasteiger partial charge in [0.05, 0.1) is 4.90 Å². The lowest BCUT2D eigenvalue weighted by Gasteiger charge is -2.30. The lowest BCUT2D eigenvalue weighted by molar-refractivity contribution is 0.102. The number of aromatic nitrogens is 2. The second kappa shape index (κ2) is 8.81. The highest BCUT2D eigenvalue weighted by Gasteiger charge is 2.32. The molecule has 4 rings (SSSR count). The van der Waals surface area contributed by atoms with Crippen molar-refractivity contribution in [3.8, 4) is 0 Å². The van der Waals surface area contributed by atoms with Crippen molar-refractivity contribution in [2.24, 2.45) is 0 Å². The molecule has 1 aliphatic heterocycles. The lowest BCUT2D eigenvalue weighted by Crippen LogP contribution is -2.39. The minimum absolute atomic E-state index is 0.0949. The molecular formula is C20H19ClN4O3S2. The predicted octanol–water partition coefficient (Wildman–Crippen LogP) is 4.01. The average molecular weight is 463 g/mol. The van der Waals surface area contributed by atoms with Crippen LogP contribution in [0.25, 0.3) is 0 Å². The highest BCUT2D eigenvalue weighted by Crippen LogP contribution is 2.32. The fourth-order valence-electron chi connectivity index (χ4n) is 3.35. The third kappa shape index (κ3) is 4.54. The van der Waals surface area contributed by atoms with Gasteiger partial charge >= 0.3 is 0 Å². The van der Waals surface area contributed by atoms with Crippen LogP contribution in [0, 0.1) is 0 Å². The van der Waals surface area contributed by atoms with Gasteiger partial charge in [-0.3, -0.25) is 4.79 Å². The summed E-state index contributed by atoms with van der Waals surface area (Å²) in [6, 6.07) is 15.3. The van der Waals surface area contributed by atoms with Gasteiger partial charge in [-0.05, 0) is 43.2 Å². The van der Waals surface area contributed by atoms with E-state index in [1.807, 2.05) is 0 Å². The first-order valence-electron chi connectivity index (χ1n) is 9.39. The molecule has 30 heavy (non-hydrogen) atoms. The maximum atomic E-state index is 12.9. The molecular weight excluding hydrogens is 444 g/mol. The molecule has 0 saturated carbocycles. The number of nitrogens with zero attached hydrogens (tertiary/aromatic N) is 3. The van der Waals surface area contributed by atoms with E-state index in [9.17, 15) is 13.2 Å². The molecule has 2 heterocycles. The number of carbonyl (C=O) groups is 1. The fraction of sp³-hybridized carbons (Fsp3) is 0.250. The van der Waals surface area contributed by atoms with Gasteiger partial charge in [0, 0.05) is 29.7 Å². The minimum Gasteiger partial charge on any atom is -0.320 e. The van der Waals surface area contributed by atoms with Crippen molar-refractivity contribution >= 4 is 44.6 Å². The Kier molecular flexibility index (Phi) is 6.14. The predicted molar refractivity (Wildman–Crippen MR) is 116 cm³/mol. The smallest absolute Gasteiger partial charge is 0.286 e. The molecule has 1 N–H and O–H groups in total. The Morgan fingerprint density at radius 1 is 1.13 bits per heavy atom. The maximum Gasteiger partial charge on any atom is 0.286 e. The molecule has 1 fully saturated rings. The van der Waals surface area contributed by atoms with E-state index in [4.69, 9.17) is 11.6 Å². The number of hydrogen-bond donors (Lipinski definition) is 1. The molecule has 156 valence electrons. The molecule has 0 unspecified atom stereocenters. The molecule has 1 atom stereocenters. The number of hydrogen-bond acceptors (Lipinski definition) is 6. The number of nitrogens with one attached hydrogen (secondary N) is 1. The van der Waals surface area contributed by atoms with E-state index in [0.717, 1.165) is 12.8 Å². The summed E-state index contributed by atoms with van der Waals surface area (Å²) in [5.74, 6) is -0.465. The van der Waals surface area contributed by atoms with Gasteiger partial charge in [0.1, 0.15) is 5.01 Å². The second-order valence-corrected chi connectivity index (χ2v) is 10.3. The molecule has 0 aliphatic carbocycles. The van der Waals surface area contributed by atoms with Gasteiger partial charge < -0.3 is 5.32 Å². The van der Waals surface area contributed by atoms with Crippen molar-refractivity contribution in [1.29, 1.82) is 0 Å². The van der Waals surface area contributed by atoms with Gasteiger partial charge in [0.2, 0.25) is 15.0 Å². The minimum atomic E-state index is -3.56. The SMILES string of the molecule is O=C(Nc1cccc(Cl)c1)c1nnc([C@H]2CCCN(S(=O)(=O)c3ccccc3)C2)s1. The molecule has 2 aromatic carbocycles. The standard InChI is InChI=1S/C20H19ClN4O3S2/c21-15-7-4-8-16(12-15)22-18(26)20-24-23-19(29-20)14-6-5-11-25(13-14)30(27,28)17-9-2-1-3-10-17/h1-4,7-10,12,14H,5-6,11,13H2,(H,22,26)/t14-/m0/s1. The van der Waals surface area contributed by atoms with Crippen LogP contribution < -0.4 is 5.32 Å². The van der Waals surface area contributed by atoms with Crippen molar-refractivity contribution < 1.29 is 13.2 Å². The summed E-state index contributed by atoms with van der Waals surface area (Å²) in [6.07, 6.45) is 1.52. The second-order valence-electron chi connectivity index (χ2n) is 6.93. The zero-order valence-corrected chi connectivity index (χ0v) is 18.3. The normalized spacial score (nSPS) is 17.6. The molecule has 0 spiro atoms. The highest BCUT2D eigenvalue weighted by molar-refractivity contribution is 7.89. The third-order valence-corrected chi connectivity index (χ3v) is 8.03. The number of benzene rings is 2. The summed E-state index contributed by atoms with van der Waals surface area (Å²) in [7, 11) is -3.56. The van der Waals surface area contributed by atoms with E-state index >= 15 is 0 Å². The van der Waals surface area contributed by atoms with Crippen LogP contribution in [-0.4, -0.2) is 41.9 Å². The molecule has 0 bridgehead atoms. The number of halogens is 1. The fourth-order valence-corrected chi connectivity index (χ4v) is 5.95. The summed E-state index contributed by atoms with van der Waals surface area (Å²) in [5.41, 5.74) is 0.571. The Morgan fingerprint density at radius 2 is 1.93 bits per heavy atom. The Balaban J connectivity index is 1.47. The number of sulfonamides is 1. The van der Waals surface area contributed by atoms with Crippen molar-refractivity contribution in [3.63, 3.8) is 0 Å². The summed E-state index contributed by atoms with van der Waals surface area (Å²) in [6.45, 7) is 0.788. The molecule has 3 aromatic rings. The van der Waals surface area contributed by atoms with Crippen LogP contribution in [0.15, 0.2) is 59.5 Å². The molecule has 1 amide bonds. The topological polar surface area (TPSA) is 92.3 Å². The van der Waals surface area contributed by atoms with Gasteiger partial charge in [-0.15, -0.1) is 10.2 Å². The van der Waals surface area contributed by atoms with Gasteiger partial charge in [-0.1, -0.05) is 47.2 Å². The first-order chi connectivity index (χ1) is 14.4. The third-order valence-electron chi connectivity index (χ3n) is 4.83. The quantitative estimate of drug-likeness (QED) is 0.618. The maximum absolute atomic E-state index is 12.9. The van der Waals surface area contributed by atoms with Crippen molar-refractivity contribution in [2.45, 2.75) is 23.7 Å². The molecule has 7 nitrogen and oxygen atoms in total. The van der Waals surface area contributed by atoms with E-state index in [-0.39, 0.29) is 21.7 Å². The summed E-state index contributed by atoms with van der Waals surface area (Å²) in [4.78, 5) is 12.8. The number of rotatable bonds is 5. The molecule has 1 aromatic heterocycles. The molecule has 1 aliphatic rings. The van der Waals surface area contributed by atoms with Gasteiger partial charge in [-0.2, -0.15) is 4.31 Å². The van der Waals surface area contributed by atoms with Crippen molar-refractivity contribution in [2.75, 3.05) is 18.4 Å². The summed E-state index contributed by atoms with van der Waals surface area (Å²) in [5, 5.41) is 12.3. The first kappa shape index (κ1) is 20.9.